The molecular formula is C117H208O16P2. The van der Waals surface area contributed by atoms with Gasteiger partial charge in [-0.15, -0.1) is 0 Å². The van der Waals surface area contributed by atoms with Crippen LogP contribution < -0.4 is 0 Å². The van der Waals surface area contributed by atoms with Gasteiger partial charge in [-0.05, 0) is 154 Å². The number of hydrogen-bond donors (Lipinski definition) is 4. The van der Waals surface area contributed by atoms with Gasteiger partial charge < -0.3 is 34.2 Å². The van der Waals surface area contributed by atoms with E-state index in [1.54, 1.807) is 0 Å². The van der Waals surface area contributed by atoms with E-state index in [0.717, 1.165) is 122 Å². The third kappa shape index (κ3) is 110. The van der Waals surface area contributed by atoms with E-state index in [1.807, 2.05) is 0 Å². The molecule has 0 saturated heterocycles. The molecule has 0 aliphatic heterocycles. The normalized spacial score (nSPS) is 14.1. The summed E-state index contributed by atoms with van der Waals surface area (Å²) in [7, 11) is -9.82. The lowest BCUT2D eigenvalue weighted by Gasteiger charge is -2.21. The van der Waals surface area contributed by atoms with Crippen molar-refractivity contribution in [1.29, 1.82) is 0 Å². The van der Waals surface area contributed by atoms with Crippen LogP contribution in [0.5, 0.6) is 0 Å². The number of carbonyl (C=O) groups is 3. The Hall–Kier alpha value is -4.57. The Morgan fingerprint density at radius 1 is 0.207 bits per heavy atom. The molecule has 0 aliphatic rings. The number of ether oxygens (including phenoxy) is 3. The standard InChI is InChI=1S/C117H208O16P2/c1-4-7-10-13-16-19-22-25-28-31-34-37-40-43-46-49-52-55-58-61-64-67-70-73-76-79-82-85-88-91-94-97-100-103-115(120)127-106-112(118)107-129-134(123,124)130-108-113(119)109-131-135(125,126)132-111-114(133-117(122)105-102-99-96-93-90-87-84-81-78-75-72-69-66-63-60-57-54-51-48-45-42-39-36-33-30-27-24-21-18-15-12-9-6-3)110-128-116(121)104-101-98-95-92-89-86-83-80-77-74-71-68-65-62-59-56-53-50-47-44-41-38-35-32-29-26-23-20-17-14-11-8-5-2/h16-21,25-30,34-39,43-48,112-114,118-119H,4-15,22-24,31-33,40-42,49-111H2,1-3H3,(H,123,124)(H,125,126)/b19-16-,20-17-,21-18-,28-25-,29-26-,30-27-,37-34-,38-35-,39-36-,46-43-,47-44-,48-45-. The number of aliphatic hydroxyl groups is 2. The van der Waals surface area contributed by atoms with Crippen molar-refractivity contribution >= 4 is 33.6 Å². The second-order valence-electron chi connectivity index (χ2n) is 37.8. The number of phosphoric ester groups is 2. The molecule has 782 valence electrons. The van der Waals surface area contributed by atoms with Crippen molar-refractivity contribution in [3.8, 4) is 0 Å². The minimum atomic E-state index is -4.95. The van der Waals surface area contributed by atoms with Gasteiger partial charge in [-0.25, -0.2) is 9.13 Å². The van der Waals surface area contributed by atoms with Gasteiger partial charge in [0.15, 0.2) is 6.10 Å². The molecule has 0 aromatic heterocycles. The Morgan fingerprint density at radius 2 is 0.370 bits per heavy atom. The van der Waals surface area contributed by atoms with Gasteiger partial charge in [-0.2, -0.15) is 0 Å². The average molecular weight is 1930 g/mol. The highest BCUT2D eigenvalue weighted by Crippen LogP contribution is 2.45. The molecule has 0 fully saturated rings. The SMILES string of the molecule is CCCCC/C=C\C/C=C\C/C=C\C/C=C\CCCCCCCCCCCCCCCCCCCC(=O)OCC(O)COP(=O)(O)OCC(O)COP(=O)(O)OCC(COC(=O)CCCCCCCCCCCCCCCCCCC/C=C\C/C=C\C/C=C\C/C=C\CCCCC)OC(=O)CCCCCCCCCCCCCCCCCCC/C=C\C/C=C\C/C=C\C/C=C\CCCCC. The van der Waals surface area contributed by atoms with Crippen molar-refractivity contribution < 1.29 is 75.8 Å². The summed E-state index contributed by atoms with van der Waals surface area (Å²) in [5.74, 6) is -1.54. The molecule has 0 spiro atoms. The lowest BCUT2D eigenvalue weighted by atomic mass is 10.0. The van der Waals surface area contributed by atoms with Gasteiger partial charge in [0, 0.05) is 19.3 Å². The first-order valence-electron chi connectivity index (χ1n) is 56.1. The van der Waals surface area contributed by atoms with Crippen molar-refractivity contribution in [2.24, 2.45) is 0 Å². The van der Waals surface area contributed by atoms with Crippen LogP contribution in [0.3, 0.4) is 0 Å². The van der Waals surface area contributed by atoms with E-state index in [4.69, 9.17) is 32.3 Å². The number of unbranched alkanes of at least 4 members (excludes halogenated alkanes) is 60. The molecule has 135 heavy (non-hydrogen) atoms. The van der Waals surface area contributed by atoms with E-state index in [1.165, 1.54) is 340 Å². The van der Waals surface area contributed by atoms with E-state index in [9.17, 15) is 43.5 Å². The van der Waals surface area contributed by atoms with Gasteiger partial charge in [-0.1, -0.05) is 494 Å². The van der Waals surface area contributed by atoms with Crippen LogP contribution >= 0.6 is 15.6 Å². The molecule has 4 N–H and O–H groups in total. The van der Waals surface area contributed by atoms with Crippen LogP contribution in [0, 0.1) is 0 Å². The van der Waals surface area contributed by atoms with Crippen LogP contribution in [-0.4, -0.2) is 95.9 Å². The van der Waals surface area contributed by atoms with Gasteiger partial charge >= 0.3 is 33.6 Å². The minimum absolute atomic E-state index is 0.106. The number of hydrogen-bond acceptors (Lipinski definition) is 14. The predicted molar refractivity (Wildman–Crippen MR) is 574 cm³/mol. The highest BCUT2D eigenvalue weighted by molar-refractivity contribution is 7.47. The summed E-state index contributed by atoms with van der Waals surface area (Å²) >= 11 is 0. The summed E-state index contributed by atoms with van der Waals surface area (Å²) in [5, 5.41) is 20.8. The number of allylic oxidation sites excluding steroid dienone is 24. The van der Waals surface area contributed by atoms with Gasteiger partial charge in [0.25, 0.3) is 0 Å². The fourth-order valence-corrected chi connectivity index (χ4v) is 17.6. The topological polar surface area (TPSA) is 231 Å². The van der Waals surface area contributed by atoms with Crippen LogP contribution in [0.25, 0.3) is 0 Å². The summed E-state index contributed by atoms with van der Waals surface area (Å²) < 4.78 is 61.9. The number of esters is 3. The molecule has 0 saturated carbocycles. The third-order valence-corrected chi connectivity index (χ3v) is 26.4. The van der Waals surface area contributed by atoms with E-state index in [2.05, 4.69) is 167 Å². The molecule has 5 atom stereocenters. The maximum absolute atomic E-state index is 13.2. The Morgan fingerprint density at radius 3 is 0.585 bits per heavy atom. The zero-order chi connectivity index (χ0) is 97.8. The molecule has 0 aromatic rings. The summed E-state index contributed by atoms with van der Waals surface area (Å²) in [5.41, 5.74) is 0. The average Bonchev–Trinajstić information content (AvgIpc) is 0.891. The second-order valence-corrected chi connectivity index (χ2v) is 40.7. The summed E-state index contributed by atoms with van der Waals surface area (Å²) in [6, 6.07) is 0. The zero-order valence-corrected chi connectivity index (χ0v) is 88.9. The first-order valence-corrected chi connectivity index (χ1v) is 59.1. The molecule has 0 aliphatic carbocycles. The first-order chi connectivity index (χ1) is 66.2. The molecular weight excluding hydrogens is 1720 g/mol. The summed E-state index contributed by atoms with van der Waals surface area (Å²) in [6.07, 6.45) is 141. The Labute approximate surface area is 829 Å². The Balaban J connectivity index is 4.60. The smallest absolute Gasteiger partial charge is 0.463 e. The van der Waals surface area contributed by atoms with E-state index >= 15 is 0 Å². The maximum atomic E-state index is 13.2. The molecule has 0 amide bonds. The summed E-state index contributed by atoms with van der Waals surface area (Å²) in [6.45, 7) is 2.72. The van der Waals surface area contributed by atoms with Gasteiger partial charge in [0.1, 0.15) is 25.4 Å². The molecule has 0 heterocycles. The van der Waals surface area contributed by atoms with E-state index < -0.39 is 91.5 Å². The van der Waals surface area contributed by atoms with E-state index in [0.29, 0.717) is 19.3 Å². The first kappa shape index (κ1) is 130. The largest absolute Gasteiger partial charge is 0.472 e. The van der Waals surface area contributed by atoms with Crippen LogP contribution in [0.2, 0.25) is 0 Å². The Bertz CT molecular complexity index is 3030. The van der Waals surface area contributed by atoms with Crippen molar-refractivity contribution in [2.75, 3.05) is 39.6 Å². The minimum Gasteiger partial charge on any atom is -0.463 e. The second kappa shape index (κ2) is 108. The molecule has 5 unspecified atom stereocenters. The maximum Gasteiger partial charge on any atom is 0.472 e. The lowest BCUT2D eigenvalue weighted by molar-refractivity contribution is -0.161. The number of aliphatic hydroxyl groups excluding tert-OH is 2. The van der Waals surface area contributed by atoms with Crippen molar-refractivity contribution in [2.45, 2.75) is 540 Å². The van der Waals surface area contributed by atoms with Crippen LogP contribution in [0.15, 0.2) is 146 Å². The predicted octanol–water partition coefficient (Wildman–Crippen LogP) is 36.1. The molecule has 0 aromatic carbocycles. The highest BCUT2D eigenvalue weighted by Gasteiger charge is 2.30. The quantitative estimate of drug-likeness (QED) is 0.0146. The molecule has 0 bridgehead atoms. The van der Waals surface area contributed by atoms with Crippen molar-refractivity contribution in [3.63, 3.8) is 0 Å². The van der Waals surface area contributed by atoms with Crippen LogP contribution in [0.4, 0.5) is 0 Å². The number of rotatable bonds is 107. The summed E-state index contributed by atoms with van der Waals surface area (Å²) in [4.78, 5) is 59.4. The van der Waals surface area contributed by atoms with E-state index in [-0.39, 0.29) is 19.3 Å². The number of carbonyl (C=O) groups excluding carboxylic acids is 3. The van der Waals surface area contributed by atoms with Gasteiger partial charge in [-0.3, -0.25) is 32.5 Å². The van der Waals surface area contributed by atoms with Gasteiger partial charge in [0.05, 0.1) is 26.4 Å². The Kier molecular flexibility index (Phi) is 105. The zero-order valence-electron chi connectivity index (χ0n) is 87.1. The molecule has 0 rings (SSSR count). The van der Waals surface area contributed by atoms with Crippen molar-refractivity contribution in [3.05, 3.63) is 146 Å². The lowest BCUT2D eigenvalue weighted by Crippen LogP contribution is -2.30. The molecule has 18 heteroatoms. The monoisotopic (exact) mass is 1930 g/mol. The fraction of sp³-hybridized carbons (Fsp3) is 0.769. The molecule has 0 radical (unpaired) electrons. The molecule has 16 nitrogen and oxygen atoms in total. The van der Waals surface area contributed by atoms with Crippen LogP contribution in [-0.2, 0) is 55.8 Å². The third-order valence-electron chi connectivity index (χ3n) is 24.5. The van der Waals surface area contributed by atoms with Crippen LogP contribution in [0.1, 0.15) is 522 Å². The highest BCUT2D eigenvalue weighted by atomic mass is 31.2. The van der Waals surface area contributed by atoms with Crippen molar-refractivity contribution in [1.82, 2.24) is 0 Å². The fourth-order valence-electron chi connectivity index (χ4n) is 16.0. The van der Waals surface area contributed by atoms with Gasteiger partial charge in [0.2, 0.25) is 0 Å². The number of phosphoric acid groups is 2.